The molecule has 0 aliphatic rings. The first kappa shape index (κ1) is 10.8. The zero-order valence-electron chi connectivity index (χ0n) is 8.90. The molecule has 0 radical (unpaired) electrons. The molecule has 5 N–H and O–H groups in total. The molecule has 0 unspecified atom stereocenters. The number of nitrogens with two attached hydrogens (primary N) is 2. The molecule has 0 spiro atoms. The molecule has 0 aliphatic heterocycles. The van der Waals surface area contributed by atoms with Gasteiger partial charge >= 0.3 is 0 Å². The number of hydrogen-bond donors (Lipinski definition) is 3. The first-order chi connectivity index (χ1) is 8.11. The average molecular weight is 226 g/mol. The third-order valence-corrected chi connectivity index (χ3v) is 2.42. The molecule has 1 amide bonds. The van der Waals surface area contributed by atoms with Crippen molar-refractivity contribution in [1.82, 2.24) is 4.98 Å². The number of nitriles is 1. The largest absolute Gasteiger partial charge is 0.399 e. The zero-order chi connectivity index (χ0) is 12.4. The van der Waals surface area contributed by atoms with E-state index in [9.17, 15) is 4.79 Å². The number of fused-ring (bicyclic) bond motifs is 1. The standard InChI is InChI=1S/C12H10N4O/c13-5-7(12(15)17)3-8-6-16-11-2-1-9(14)4-10(8)11/h1-4,6,16H,14H2,(H2,15,17)/b7-3+. The molecule has 0 saturated heterocycles. The Morgan fingerprint density at radius 1 is 1.47 bits per heavy atom. The smallest absolute Gasteiger partial charge is 0.259 e. The molecule has 0 fully saturated rings. The Hall–Kier alpha value is -2.74. The molecule has 2 rings (SSSR count). The van der Waals surface area contributed by atoms with Crippen LogP contribution in [0, 0.1) is 11.3 Å². The summed E-state index contributed by atoms with van der Waals surface area (Å²) in [4.78, 5) is 14.0. The van der Waals surface area contributed by atoms with Crippen LogP contribution >= 0.6 is 0 Å². The highest BCUT2D eigenvalue weighted by Gasteiger charge is 2.07. The Morgan fingerprint density at radius 3 is 2.88 bits per heavy atom. The van der Waals surface area contributed by atoms with Gasteiger partial charge in [-0.3, -0.25) is 4.79 Å². The van der Waals surface area contributed by atoms with E-state index in [2.05, 4.69) is 4.98 Å². The van der Waals surface area contributed by atoms with E-state index in [1.807, 2.05) is 6.07 Å². The van der Waals surface area contributed by atoms with Crippen molar-refractivity contribution >= 4 is 28.6 Å². The molecule has 1 aromatic carbocycles. The fourth-order valence-corrected chi connectivity index (χ4v) is 1.59. The number of primary amides is 1. The normalized spacial score (nSPS) is 11.4. The molecule has 1 heterocycles. The predicted molar refractivity (Wildman–Crippen MR) is 65.5 cm³/mol. The number of carbonyl (C=O) groups is 1. The van der Waals surface area contributed by atoms with Crippen LogP contribution in [-0.2, 0) is 4.79 Å². The van der Waals surface area contributed by atoms with Gasteiger partial charge in [0.2, 0.25) is 0 Å². The predicted octanol–water partition coefficient (Wildman–Crippen LogP) is 1.14. The fraction of sp³-hybridized carbons (Fsp3) is 0. The second kappa shape index (κ2) is 4.02. The number of rotatable bonds is 2. The summed E-state index contributed by atoms with van der Waals surface area (Å²) in [7, 11) is 0. The Labute approximate surface area is 97.3 Å². The van der Waals surface area contributed by atoms with Crippen LogP contribution in [-0.4, -0.2) is 10.9 Å². The molecule has 5 nitrogen and oxygen atoms in total. The lowest BCUT2D eigenvalue weighted by Gasteiger charge is -1.95. The maximum absolute atomic E-state index is 11.0. The van der Waals surface area contributed by atoms with E-state index in [1.165, 1.54) is 6.08 Å². The minimum Gasteiger partial charge on any atom is -0.399 e. The van der Waals surface area contributed by atoms with Gasteiger partial charge in [0.15, 0.2) is 0 Å². The molecular formula is C12H10N4O. The minimum atomic E-state index is -0.745. The summed E-state index contributed by atoms with van der Waals surface area (Å²) in [6.07, 6.45) is 3.14. The van der Waals surface area contributed by atoms with Crippen molar-refractivity contribution in [3.8, 4) is 6.07 Å². The van der Waals surface area contributed by atoms with Gasteiger partial charge in [-0.15, -0.1) is 0 Å². The van der Waals surface area contributed by atoms with Crippen LogP contribution in [0.4, 0.5) is 5.69 Å². The topological polar surface area (TPSA) is 109 Å². The maximum atomic E-state index is 11.0. The van der Waals surface area contributed by atoms with Gasteiger partial charge < -0.3 is 16.5 Å². The number of carbonyl (C=O) groups excluding carboxylic acids is 1. The lowest BCUT2D eigenvalue weighted by atomic mass is 10.1. The number of H-pyrrole nitrogens is 1. The van der Waals surface area contributed by atoms with Gasteiger partial charge in [0, 0.05) is 28.4 Å². The van der Waals surface area contributed by atoms with Gasteiger partial charge in [0.25, 0.3) is 5.91 Å². The Bertz CT molecular complexity index is 661. The van der Waals surface area contributed by atoms with Crippen LogP contribution in [0.15, 0.2) is 30.0 Å². The van der Waals surface area contributed by atoms with Crippen LogP contribution in [0.1, 0.15) is 5.56 Å². The van der Waals surface area contributed by atoms with E-state index in [4.69, 9.17) is 16.7 Å². The summed E-state index contributed by atoms with van der Waals surface area (Å²) < 4.78 is 0. The van der Waals surface area contributed by atoms with E-state index in [1.54, 1.807) is 24.4 Å². The summed E-state index contributed by atoms with van der Waals surface area (Å²) >= 11 is 0. The number of nitrogen functional groups attached to an aromatic ring is 1. The van der Waals surface area contributed by atoms with E-state index >= 15 is 0 Å². The molecule has 17 heavy (non-hydrogen) atoms. The highest BCUT2D eigenvalue weighted by molar-refractivity contribution is 6.03. The van der Waals surface area contributed by atoms with Gasteiger partial charge in [-0.05, 0) is 24.3 Å². The van der Waals surface area contributed by atoms with Gasteiger partial charge in [-0.2, -0.15) is 5.26 Å². The van der Waals surface area contributed by atoms with Crippen molar-refractivity contribution in [1.29, 1.82) is 5.26 Å². The van der Waals surface area contributed by atoms with Crippen LogP contribution in [0.25, 0.3) is 17.0 Å². The molecule has 0 aliphatic carbocycles. The van der Waals surface area contributed by atoms with Crippen molar-refractivity contribution in [2.75, 3.05) is 5.73 Å². The molecule has 2 aromatic rings. The number of anilines is 1. The molecule has 84 valence electrons. The number of nitrogens with zero attached hydrogens (tertiary/aromatic N) is 1. The lowest BCUT2D eigenvalue weighted by molar-refractivity contribution is -0.114. The van der Waals surface area contributed by atoms with Crippen LogP contribution in [0.5, 0.6) is 0 Å². The molecule has 0 bridgehead atoms. The molecule has 1 aromatic heterocycles. The van der Waals surface area contributed by atoms with Crippen molar-refractivity contribution in [3.05, 3.63) is 35.5 Å². The number of aromatic amines is 1. The van der Waals surface area contributed by atoms with E-state index < -0.39 is 5.91 Å². The van der Waals surface area contributed by atoms with Crippen molar-refractivity contribution in [3.63, 3.8) is 0 Å². The van der Waals surface area contributed by atoms with E-state index in [-0.39, 0.29) is 5.57 Å². The van der Waals surface area contributed by atoms with Crippen molar-refractivity contribution in [2.45, 2.75) is 0 Å². The fourth-order valence-electron chi connectivity index (χ4n) is 1.59. The van der Waals surface area contributed by atoms with Gasteiger partial charge in [-0.1, -0.05) is 0 Å². The second-order valence-electron chi connectivity index (χ2n) is 3.58. The first-order valence-electron chi connectivity index (χ1n) is 4.90. The third kappa shape index (κ3) is 1.96. The Kier molecular flexibility index (Phi) is 2.55. The van der Waals surface area contributed by atoms with Crippen molar-refractivity contribution in [2.24, 2.45) is 5.73 Å². The number of aromatic nitrogens is 1. The highest BCUT2D eigenvalue weighted by atomic mass is 16.1. The number of benzene rings is 1. The maximum Gasteiger partial charge on any atom is 0.259 e. The molecule has 0 saturated carbocycles. The van der Waals surface area contributed by atoms with Crippen molar-refractivity contribution < 1.29 is 4.79 Å². The van der Waals surface area contributed by atoms with E-state index in [0.717, 1.165) is 10.9 Å². The van der Waals surface area contributed by atoms with Gasteiger partial charge in [0.05, 0.1) is 0 Å². The highest BCUT2D eigenvalue weighted by Crippen LogP contribution is 2.22. The lowest BCUT2D eigenvalue weighted by Crippen LogP contribution is -2.12. The number of amides is 1. The summed E-state index contributed by atoms with van der Waals surface area (Å²) in [5.41, 5.74) is 12.9. The minimum absolute atomic E-state index is 0.0895. The number of nitrogens with one attached hydrogen (secondary N) is 1. The van der Waals surface area contributed by atoms with E-state index in [0.29, 0.717) is 11.3 Å². The summed E-state index contributed by atoms with van der Waals surface area (Å²) in [5.74, 6) is -0.745. The Balaban J connectivity index is 2.61. The third-order valence-electron chi connectivity index (χ3n) is 2.42. The van der Waals surface area contributed by atoms with Crippen LogP contribution < -0.4 is 11.5 Å². The Morgan fingerprint density at radius 2 is 2.24 bits per heavy atom. The van der Waals surface area contributed by atoms with Gasteiger partial charge in [-0.25, -0.2) is 0 Å². The number of hydrogen-bond acceptors (Lipinski definition) is 3. The summed E-state index contributed by atoms with van der Waals surface area (Å²) in [6.45, 7) is 0. The monoisotopic (exact) mass is 226 g/mol. The van der Waals surface area contributed by atoms with Gasteiger partial charge in [0.1, 0.15) is 11.6 Å². The van der Waals surface area contributed by atoms with Crippen LogP contribution in [0.2, 0.25) is 0 Å². The summed E-state index contributed by atoms with van der Waals surface area (Å²) in [5, 5.41) is 9.61. The molecule has 0 atom stereocenters. The second-order valence-corrected chi connectivity index (χ2v) is 3.58. The average Bonchev–Trinajstić information content (AvgIpc) is 2.68. The molecular weight excluding hydrogens is 216 g/mol. The SMILES string of the molecule is N#C/C(=C\c1c[nH]c2ccc(N)cc12)C(N)=O. The van der Waals surface area contributed by atoms with Crippen LogP contribution in [0.3, 0.4) is 0 Å². The quantitative estimate of drug-likeness (QED) is 0.406. The summed E-state index contributed by atoms with van der Waals surface area (Å²) in [6, 6.07) is 7.13. The molecule has 5 heteroatoms. The first-order valence-corrected chi connectivity index (χ1v) is 4.90. The zero-order valence-corrected chi connectivity index (χ0v) is 8.90.